The Morgan fingerprint density at radius 3 is 2.90 bits per heavy atom. The average molecular weight is 286 g/mol. The summed E-state index contributed by atoms with van der Waals surface area (Å²) in [4.78, 5) is 11.1. The number of carbonyl (C=O) groups excluding carboxylic acids is 1. The molecule has 2 N–H and O–H groups in total. The van der Waals surface area contributed by atoms with Crippen LogP contribution in [-0.4, -0.2) is 25.2 Å². The molecular weight excluding hydrogens is 269 g/mol. The van der Waals surface area contributed by atoms with E-state index >= 15 is 0 Å². The van der Waals surface area contributed by atoms with Gasteiger partial charge in [-0.2, -0.15) is 13.2 Å². The molecule has 2 rings (SSSR count). The molecule has 0 fully saturated rings. The van der Waals surface area contributed by atoms with E-state index < -0.39 is 18.5 Å². The molecule has 0 saturated carbocycles. The lowest BCUT2D eigenvalue weighted by atomic mass is 9.98. The number of alkyl halides is 3. The van der Waals surface area contributed by atoms with Gasteiger partial charge >= 0.3 is 6.18 Å². The molecule has 1 heterocycles. The monoisotopic (exact) mass is 286 g/mol. The number of benzene rings is 1. The molecule has 0 atom stereocenters. The Bertz CT molecular complexity index is 486. The molecule has 1 amide bonds. The van der Waals surface area contributed by atoms with Crippen LogP contribution in [0.3, 0.4) is 0 Å². The normalized spacial score (nSPS) is 14.3. The Labute approximate surface area is 115 Å². The number of anilines is 1. The van der Waals surface area contributed by atoms with Crippen molar-refractivity contribution in [1.29, 1.82) is 0 Å². The number of hydrogen-bond acceptors (Lipinski definition) is 2. The fourth-order valence-electron chi connectivity index (χ4n) is 2.37. The Balaban J connectivity index is 1.87. The van der Waals surface area contributed by atoms with Gasteiger partial charge < -0.3 is 10.6 Å². The highest BCUT2D eigenvalue weighted by Crippen LogP contribution is 2.26. The van der Waals surface area contributed by atoms with E-state index in [2.05, 4.69) is 10.6 Å². The summed E-state index contributed by atoms with van der Waals surface area (Å²) in [5, 5.41) is 5.62. The summed E-state index contributed by atoms with van der Waals surface area (Å²) in [6.07, 6.45) is -3.25. The second-order valence-corrected chi connectivity index (χ2v) is 4.87. The van der Waals surface area contributed by atoms with Crippen LogP contribution in [0.4, 0.5) is 18.9 Å². The average Bonchev–Trinajstić information content (AvgIpc) is 2.37. The maximum atomic E-state index is 12.0. The van der Waals surface area contributed by atoms with Crippen LogP contribution in [0, 0.1) is 0 Å². The van der Waals surface area contributed by atoms with Gasteiger partial charge in [-0.05, 0) is 30.4 Å². The number of aryl methyl sites for hydroxylation is 1. The predicted octanol–water partition coefficient (Wildman–Crippen LogP) is 2.66. The van der Waals surface area contributed by atoms with Crippen molar-refractivity contribution < 1.29 is 18.0 Å². The third-order valence-electron chi connectivity index (χ3n) is 3.24. The zero-order valence-electron chi connectivity index (χ0n) is 11.0. The van der Waals surface area contributed by atoms with Crippen LogP contribution < -0.4 is 10.6 Å². The van der Waals surface area contributed by atoms with Gasteiger partial charge in [-0.25, -0.2) is 0 Å². The quantitative estimate of drug-likeness (QED) is 0.893. The second-order valence-electron chi connectivity index (χ2n) is 4.87. The van der Waals surface area contributed by atoms with Crippen LogP contribution in [-0.2, 0) is 17.6 Å². The summed E-state index contributed by atoms with van der Waals surface area (Å²) < 4.78 is 36.0. The summed E-state index contributed by atoms with van der Waals surface area (Å²) in [5.41, 5.74) is 3.34. The van der Waals surface area contributed by atoms with Crippen molar-refractivity contribution in [2.24, 2.45) is 0 Å². The zero-order chi connectivity index (χ0) is 14.6. The minimum atomic E-state index is -4.45. The fourth-order valence-corrected chi connectivity index (χ4v) is 2.37. The topological polar surface area (TPSA) is 41.1 Å². The van der Waals surface area contributed by atoms with Crippen molar-refractivity contribution in [3.8, 4) is 0 Å². The van der Waals surface area contributed by atoms with Gasteiger partial charge in [-0.3, -0.25) is 4.79 Å². The van der Waals surface area contributed by atoms with Gasteiger partial charge in [0.25, 0.3) is 0 Å². The smallest absolute Gasteiger partial charge is 0.385 e. The summed E-state index contributed by atoms with van der Waals surface area (Å²) in [5.74, 6) is -0.977. The molecule has 1 aromatic rings. The van der Waals surface area contributed by atoms with E-state index in [1.165, 1.54) is 5.56 Å². The van der Waals surface area contributed by atoms with Crippen molar-refractivity contribution in [3.63, 3.8) is 0 Å². The van der Waals surface area contributed by atoms with Gasteiger partial charge in [0.1, 0.15) is 6.42 Å². The molecule has 1 aliphatic heterocycles. The van der Waals surface area contributed by atoms with Crippen LogP contribution in [0.15, 0.2) is 18.2 Å². The number of halogens is 3. The van der Waals surface area contributed by atoms with Crippen LogP contribution >= 0.6 is 0 Å². The number of hydrogen-bond donors (Lipinski definition) is 2. The van der Waals surface area contributed by atoms with Gasteiger partial charge in [0.2, 0.25) is 5.91 Å². The molecule has 0 saturated heterocycles. The van der Waals surface area contributed by atoms with Gasteiger partial charge in [0, 0.05) is 18.8 Å². The predicted molar refractivity (Wildman–Crippen MR) is 70.6 cm³/mol. The number of carbonyl (C=O) groups is 1. The second kappa shape index (κ2) is 6.15. The summed E-state index contributed by atoms with van der Waals surface area (Å²) >= 11 is 0. The van der Waals surface area contributed by atoms with Gasteiger partial charge in [0.15, 0.2) is 0 Å². The van der Waals surface area contributed by atoms with Gasteiger partial charge in [-0.15, -0.1) is 0 Å². The molecule has 0 bridgehead atoms. The maximum absolute atomic E-state index is 12.0. The molecular formula is C14H17F3N2O. The van der Waals surface area contributed by atoms with Crippen molar-refractivity contribution in [2.45, 2.75) is 31.9 Å². The first-order valence-electron chi connectivity index (χ1n) is 6.64. The highest BCUT2D eigenvalue weighted by molar-refractivity contribution is 5.76. The SMILES string of the molecule is O=C(CC(F)(F)F)NCCc1cccc2c1NCCC2. The lowest BCUT2D eigenvalue weighted by Gasteiger charge is -2.21. The molecule has 20 heavy (non-hydrogen) atoms. The Morgan fingerprint density at radius 2 is 2.15 bits per heavy atom. The largest absolute Gasteiger partial charge is 0.397 e. The zero-order valence-corrected chi connectivity index (χ0v) is 11.0. The molecule has 6 heteroatoms. The number of rotatable bonds is 4. The van der Waals surface area contributed by atoms with E-state index in [0.29, 0.717) is 6.42 Å². The fraction of sp³-hybridized carbons (Fsp3) is 0.500. The van der Waals surface area contributed by atoms with Crippen molar-refractivity contribution in [1.82, 2.24) is 5.32 Å². The Morgan fingerprint density at radius 1 is 1.35 bits per heavy atom. The molecule has 110 valence electrons. The number of para-hydroxylation sites is 1. The van der Waals surface area contributed by atoms with Gasteiger partial charge in [0.05, 0.1) is 0 Å². The lowest BCUT2D eigenvalue weighted by molar-refractivity contribution is -0.153. The van der Waals surface area contributed by atoms with Crippen molar-refractivity contribution >= 4 is 11.6 Å². The van der Waals surface area contributed by atoms with Crippen molar-refractivity contribution in [3.05, 3.63) is 29.3 Å². The number of fused-ring (bicyclic) bond motifs is 1. The molecule has 1 aromatic carbocycles. The minimum Gasteiger partial charge on any atom is -0.385 e. The first-order chi connectivity index (χ1) is 9.46. The first-order valence-corrected chi connectivity index (χ1v) is 6.64. The van der Waals surface area contributed by atoms with Crippen LogP contribution in [0.2, 0.25) is 0 Å². The van der Waals surface area contributed by atoms with Crippen LogP contribution in [0.1, 0.15) is 24.0 Å². The molecule has 1 aliphatic rings. The molecule has 3 nitrogen and oxygen atoms in total. The van der Waals surface area contributed by atoms with Crippen LogP contribution in [0.25, 0.3) is 0 Å². The van der Waals surface area contributed by atoms with E-state index in [1.807, 2.05) is 18.2 Å². The standard InChI is InChI=1S/C14H17F3N2O/c15-14(16,17)9-12(20)18-8-6-11-4-1-3-10-5-2-7-19-13(10)11/h1,3-4,19H,2,5-9H2,(H,18,20). The molecule has 0 radical (unpaired) electrons. The minimum absolute atomic E-state index is 0.215. The maximum Gasteiger partial charge on any atom is 0.397 e. The Kier molecular flexibility index (Phi) is 4.52. The molecule has 0 aromatic heterocycles. The number of nitrogens with one attached hydrogen (secondary N) is 2. The summed E-state index contributed by atoms with van der Waals surface area (Å²) in [7, 11) is 0. The first kappa shape index (κ1) is 14.7. The molecule has 0 unspecified atom stereocenters. The highest BCUT2D eigenvalue weighted by Gasteiger charge is 2.30. The molecule has 0 spiro atoms. The Hall–Kier alpha value is -1.72. The van der Waals surface area contributed by atoms with Crippen LogP contribution in [0.5, 0.6) is 0 Å². The van der Waals surface area contributed by atoms with E-state index in [4.69, 9.17) is 0 Å². The van der Waals surface area contributed by atoms with E-state index in [9.17, 15) is 18.0 Å². The number of amides is 1. The van der Waals surface area contributed by atoms with Crippen molar-refractivity contribution in [2.75, 3.05) is 18.4 Å². The third-order valence-corrected chi connectivity index (χ3v) is 3.24. The summed E-state index contributed by atoms with van der Waals surface area (Å²) in [6.45, 7) is 1.12. The highest BCUT2D eigenvalue weighted by atomic mass is 19.4. The van der Waals surface area contributed by atoms with Gasteiger partial charge in [-0.1, -0.05) is 18.2 Å². The van der Waals surface area contributed by atoms with E-state index in [1.54, 1.807) is 0 Å². The molecule has 0 aliphatic carbocycles. The van der Waals surface area contributed by atoms with E-state index in [-0.39, 0.29) is 6.54 Å². The third kappa shape index (κ3) is 4.15. The lowest BCUT2D eigenvalue weighted by Crippen LogP contribution is -2.30. The summed E-state index contributed by atoms with van der Waals surface area (Å²) in [6, 6.07) is 5.93. The van der Waals surface area contributed by atoms with E-state index in [0.717, 1.165) is 30.6 Å².